The first-order valence-electron chi connectivity index (χ1n) is 5.91. The molecule has 1 aliphatic rings. The van der Waals surface area contributed by atoms with Crippen LogP contribution in [0.1, 0.15) is 32.0 Å². The summed E-state index contributed by atoms with van der Waals surface area (Å²) in [5.74, 6) is 0.294. The minimum absolute atomic E-state index is 0.160. The van der Waals surface area contributed by atoms with Gasteiger partial charge in [-0.15, -0.1) is 0 Å². The van der Waals surface area contributed by atoms with Crippen molar-refractivity contribution in [1.29, 1.82) is 0 Å². The SMILES string of the molecule is CCCn1ncnc1CC1CCC(=O)NC1=O. The van der Waals surface area contributed by atoms with Crippen molar-refractivity contribution in [3.63, 3.8) is 0 Å². The smallest absolute Gasteiger partial charge is 0.230 e. The first kappa shape index (κ1) is 11.8. The highest BCUT2D eigenvalue weighted by molar-refractivity contribution is 5.98. The Kier molecular flexibility index (Phi) is 3.51. The number of rotatable bonds is 4. The number of carbonyl (C=O) groups excluding carboxylic acids is 2. The maximum Gasteiger partial charge on any atom is 0.230 e. The third-order valence-electron chi connectivity index (χ3n) is 2.91. The summed E-state index contributed by atoms with van der Waals surface area (Å²) >= 11 is 0. The largest absolute Gasteiger partial charge is 0.296 e. The lowest BCUT2D eigenvalue weighted by Gasteiger charge is -2.20. The second-order valence-electron chi connectivity index (χ2n) is 4.25. The number of nitrogens with one attached hydrogen (secondary N) is 1. The monoisotopic (exact) mass is 236 g/mol. The van der Waals surface area contributed by atoms with E-state index in [1.807, 2.05) is 4.68 Å². The van der Waals surface area contributed by atoms with Crippen molar-refractivity contribution in [2.24, 2.45) is 5.92 Å². The molecular weight excluding hydrogens is 220 g/mol. The summed E-state index contributed by atoms with van der Waals surface area (Å²) in [6.07, 6.45) is 4.06. The van der Waals surface area contributed by atoms with E-state index >= 15 is 0 Å². The zero-order valence-electron chi connectivity index (χ0n) is 9.85. The number of nitrogens with zero attached hydrogens (tertiary/aromatic N) is 3. The van der Waals surface area contributed by atoms with E-state index in [-0.39, 0.29) is 17.7 Å². The maximum atomic E-state index is 11.6. The average molecular weight is 236 g/mol. The molecule has 1 unspecified atom stereocenters. The summed E-state index contributed by atoms with van der Waals surface area (Å²) in [6, 6.07) is 0. The Balaban J connectivity index is 2.02. The van der Waals surface area contributed by atoms with Crippen LogP contribution >= 0.6 is 0 Å². The molecule has 0 bridgehead atoms. The topological polar surface area (TPSA) is 76.9 Å². The highest BCUT2D eigenvalue weighted by Crippen LogP contribution is 2.16. The summed E-state index contributed by atoms with van der Waals surface area (Å²) in [5, 5.41) is 6.48. The molecule has 0 radical (unpaired) electrons. The molecule has 92 valence electrons. The quantitative estimate of drug-likeness (QED) is 0.762. The number of imide groups is 1. The molecule has 1 fully saturated rings. The lowest BCUT2D eigenvalue weighted by Crippen LogP contribution is -2.41. The van der Waals surface area contributed by atoms with E-state index in [0.29, 0.717) is 19.3 Å². The van der Waals surface area contributed by atoms with Crippen molar-refractivity contribution in [3.8, 4) is 0 Å². The van der Waals surface area contributed by atoms with Crippen LogP contribution in [0.5, 0.6) is 0 Å². The van der Waals surface area contributed by atoms with Crippen LogP contribution in [0, 0.1) is 5.92 Å². The molecule has 1 atom stereocenters. The van der Waals surface area contributed by atoms with Crippen LogP contribution in [0.25, 0.3) is 0 Å². The highest BCUT2D eigenvalue weighted by atomic mass is 16.2. The summed E-state index contributed by atoms with van der Waals surface area (Å²) in [6.45, 7) is 2.88. The van der Waals surface area contributed by atoms with Gasteiger partial charge in [-0.2, -0.15) is 5.10 Å². The molecular formula is C11H16N4O2. The summed E-state index contributed by atoms with van der Waals surface area (Å²) in [7, 11) is 0. The molecule has 0 saturated carbocycles. The number of hydrogen-bond donors (Lipinski definition) is 1. The normalized spacial score (nSPS) is 20.4. The van der Waals surface area contributed by atoms with Gasteiger partial charge in [0.2, 0.25) is 11.8 Å². The Morgan fingerprint density at radius 3 is 3.06 bits per heavy atom. The molecule has 6 nitrogen and oxygen atoms in total. The molecule has 1 saturated heterocycles. The molecule has 1 aliphatic heterocycles. The van der Waals surface area contributed by atoms with Gasteiger partial charge in [-0.1, -0.05) is 6.92 Å². The van der Waals surface area contributed by atoms with Crippen molar-refractivity contribution < 1.29 is 9.59 Å². The molecule has 0 spiro atoms. The third kappa shape index (κ3) is 2.69. The van der Waals surface area contributed by atoms with Crippen LogP contribution in [0.2, 0.25) is 0 Å². The molecule has 1 aromatic rings. The minimum atomic E-state index is -0.188. The van der Waals surface area contributed by atoms with Gasteiger partial charge in [-0.3, -0.25) is 19.6 Å². The average Bonchev–Trinajstić information content (AvgIpc) is 2.71. The van der Waals surface area contributed by atoms with E-state index in [0.717, 1.165) is 18.8 Å². The van der Waals surface area contributed by atoms with Gasteiger partial charge < -0.3 is 0 Å². The van der Waals surface area contributed by atoms with E-state index in [4.69, 9.17) is 0 Å². The molecule has 0 aliphatic carbocycles. The van der Waals surface area contributed by atoms with E-state index in [2.05, 4.69) is 22.3 Å². The van der Waals surface area contributed by atoms with Gasteiger partial charge in [-0.05, 0) is 12.8 Å². The van der Waals surface area contributed by atoms with E-state index < -0.39 is 0 Å². The number of aromatic nitrogens is 3. The Hall–Kier alpha value is -1.72. The molecule has 2 heterocycles. The number of aryl methyl sites for hydroxylation is 1. The van der Waals surface area contributed by atoms with Crippen LogP contribution in [0.3, 0.4) is 0 Å². The highest BCUT2D eigenvalue weighted by Gasteiger charge is 2.27. The van der Waals surface area contributed by atoms with Gasteiger partial charge >= 0.3 is 0 Å². The molecule has 6 heteroatoms. The van der Waals surface area contributed by atoms with Gasteiger partial charge in [0.15, 0.2) is 0 Å². The lowest BCUT2D eigenvalue weighted by molar-refractivity contribution is -0.136. The van der Waals surface area contributed by atoms with E-state index in [9.17, 15) is 9.59 Å². The van der Waals surface area contributed by atoms with Gasteiger partial charge in [0, 0.05) is 25.3 Å². The Labute approximate surface area is 99.4 Å². The fourth-order valence-corrected chi connectivity index (χ4v) is 2.00. The van der Waals surface area contributed by atoms with Gasteiger partial charge in [-0.25, -0.2) is 4.98 Å². The molecule has 0 aromatic carbocycles. The maximum absolute atomic E-state index is 11.6. The molecule has 17 heavy (non-hydrogen) atoms. The van der Waals surface area contributed by atoms with Gasteiger partial charge in [0.1, 0.15) is 12.2 Å². The van der Waals surface area contributed by atoms with Crippen LogP contribution in [-0.4, -0.2) is 26.6 Å². The third-order valence-corrected chi connectivity index (χ3v) is 2.91. The van der Waals surface area contributed by atoms with Crippen LogP contribution in [0.4, 0.5) is 0 Å². The minimum Gasteiger partial charge on any atom is -0.296 e. The Morgan fingerprint density at radius 1 is 1.53 bits per heavy atom. The number of carbonyl (C=O) groups is 2. The standard InChI is InChI=1S/C11H16N4O2/c1-2-5-15-9(12-7-13-15)6-8-3-4-10(16)14-11(8)17/h7-8H,2-6H2,1H3,(H,14,16,17). The second-order valence-corrected chi connectivity index (χ2v) is 4.25. The summed E-state index contributed by atoms with van der Waals surface area (Å²) in [4.78, 5) is 26.8. The molecule has 1 N–H and O–H groups in total. The predicted molar refractivity (Wildman–Crippen MR) is 59.9 cm³/mol. The first-order valence-corrected chi connectivity index (χ1v) is 5.91. The first-order chi connectivity index (χ1) is 8.20. The van der Waals surface area contributed by atoms with Crippen LogP contribution in [-0.2, 0) is 22.6 Å². The van der Waals surface area contributed by atoms with E-state index in [1.165, 1.54) is 6.33 Å². The number of piperidine rings is 1. The zero-order valence-corrected chi connectivity index (χ0v) is 9.85. The summed E-state index contributed by atoms with van der Waals surface area (Å²) < 4.78 is 1.82. The molecule has 1 aromatic heterocycles. The number of amides is 2. The van der Waals surface area contributed by atoms with Crippen molar-refractivity contribution in [3.05, 3.63) is 12.2 Å². The summed E-state index contributed by atoms with van der Waals surface area (Å²) in [5.41, 5.74) is 0. The number of hydrogen-bond acceptors (Lipinski definition) is 4. The van der Waals surface area contributed by atoms with Crippen LogP contribution < -0.4 is 5.32 Å². The molecule has 2 amide bonds. The Bertz CT molecular complexity index is 427. The van der Waals surface area contributed by atoms with Crippen molar-refractivity contribution in [2.75, 3.05) is 0 Å². The van der Waals surface area contributed by atoms with Crippen molar-refractivity contribution in [1.82, 2.24) is 20.1 Å². The molecule has 2 rings (SSSR count). The predicted octanol–water partition coefficient (Wildman–Crippen LogP) is 0.283. The van der Waals surface area contributed by atoms with Crippen LogP contribution in [0.15, 0.2) is 6.33 Å². The lowest BCUT2D eigenvalue weighted by atomic mass is 9.94. The van der Waals surface area contributed by atoms with Crippen molar-refractivity contribution >= 4 is 11.8 Å². The Morgan fingerprint density at radius 2 is 2.35 bits per heavy atom. The van der Waals surface area contributed by atoms with Crippen molar-refractivity contribution in [2.45, 2.75) is 39.2 Å². The van der Waals surface area contributed by atoms with E-state index in [1.54, 1.807) is 0 Å². The fraction of sp³-hybridized carbons (Fsp3) is 0.636. The second kappa shape index (κ2) is 5.07. The fourth-order valence-electron chi connectivity index (χ4n) is 2.00. The van der Waals surface area contributed by atoms with Gasteiger partial charge in [0.05, 0.1) is 0 Å². The van der Waals surface area contributed by atoms with Gasteiger partial charge in [0.25, 0.3) is 0 Å². The zero-order chi connectivity index (χ0) is 12.3.